The van der Waals surface area contributed by atoms with Gasteiger partial charge in [-0.25, -0.2) is 0 Å². The van der Waals surface area contributed by atoms with Gasteiger partial charge < -0.3 is 5.11 Å². The fraction of sp³-hybridized carbons (Fsp3) is 0.455. The van der Waals surface area contributed by atoms with Crippen LogP contribution < -0.4 is 0 Å². The van der Waals surface area contributed by atoms with E-state index in [2.05, 4.69) is 15.9 Å². The molecule has 0 atom stereocenters. The molecule has 0 fully saturated rings. The molecule has 0 radical (unpaired) electrons. The lowest BCUT2D eigenvalue weighted by Crippen LogP contribution is -1.93. The first-order valence-corrected chi connectivity index (χ1v) is 6.06. The summed E-state index contributed by atoms with van der Waals surface area (Å²) in [5.41, 5.74) is 2.53. The van der Waals surface area contributed by atoms with E-state index in [1.54, 1.807) is 0 Å². The predicted molar refractivity (Wildman–Crippen MR) is 62.1 cm³/mol. The smallest absolute Gasteiger partial charge is 0.148 e. The molecule has 0 saturated carbocycles. The maximum Gasteiger partial charge on any atom is 0.148 e. The first kappa shape index (κ1) is 10.3. The minimum Gasteiger partial charge on any atom is -0.505 e. The lowest BCUT2D eigenvalue weighted by atomic mass is 10.0. The number of halogens is 2. The third-order valence-corrected chi connectivity index (χ3v) is 3.90. The van der Waals surface area contributed by atoms with Crippen LogP contribution in [0.4, 0.5) is 0 Å². The average molecular weight is 276 g/mol. The van der Waals surface area contributed by atoms with Crippen LogP contribution in [0.15, 0.2) is 10.5 Å². The second-order valence-electron chi connectivity index (χ2n) is 3.72. The number of fused-ring (bicyclic) bond motifs is 1. The number of benzene rings is 1. The molecule has 0 saturated heterocycles. The lowest BCUT2D eigenvalue weighted by Gasteiger charge is -2.11. The molecule has 0 bridgehead atoms. The van der Waals surface area contributed by atoms with Gasteiger partial charge in [0.1, 0.15) is 5.75 Å². The van der Waals surface area contributed by atoms with Crippen molar-refractivity contribution in [3.05, 3.63) is 26.7 Å². The fourth-order valence-corrected chi connectivity index (χ4v) is 2.99. The van der Waals surface area contributed by atoms with Crippen molar-refractivity contribution in [3.8, 4) is 5.75 Å². The summed E-state index contributed by atoms with van der Waals surface area (Å²) in [5.74, 6) is 0.187. The van der Waals surface area contributed by atoms with Crippen molar-refractivity contribution in [1.82, 2.24) is 0 Å². The van der Waals surface area contributed by atoms with Crippen LogP contribution in [0.25, 0.3) is 0 Å². The zero-order valence-corrected chi connectivity index (χ0v) is 10.2. The molecule has 76 valence electrons. The number of hydrogen-bond donors (Lipinski definition) is 1. The molecule has 1 aromatic carbocycles. The number of rotatable bonds is 0. The number of aromatic hydroxyl groups is 1. The summed E-state index contributed by atoms with van der Waals surface area (Å²) in [7, 11) is 0. The van der Waals surface area contributed by atoms with Gasteiger partial charge in [-0.1, -0.05) is 18.0 Å². The van der Waals surface area contributed by atoms with Crippen molar-refractivity contribution in [2.24, 2.45) is 0 Å². The Morgan fingerprint density at radius 3 is 2.71 bits per heavy atom. The molecule has 1 N–H and O–H groups in total. The van der Waals surface area contributed by atoms with Crippen molar-refractivity contribution < 1.29 is 5.11 Å². The quantitative estimate of drug-likeness (QED) is 0.708. The number of hydrogen-bond acceptors (Lipinski definition) is 1. The van der Waals surface area contributed by atoms with E-state index in [1.165, 1.54) is 30.4 Å². The van der Waals surface area contributed by atoms with Gasteiger partial charge in [0, 0.05) is 0 Å². The van der Waals surface area contributed by atoms with Gasteiger partial charge in [-0.3, -0.25) is 0 Å². The van der Waals surface area contributed by atoms with Gasteiger partial charge in [0.05, 0.1) is 9.50 Å². The minimum atomic E-state index is 0.187. The molecule has 0 heterocycles. The van der Waals surface area contributed by atoms with Gasteiger partial charge in [-0.15, -0.1) is 0 Å². The van der Waals surface area contributed by atoms with E-state index in [1.807, 2.05) is 6.07 Å². The molecule has 0 amide bonds. The average Bonchev–Trinajstić information content (AvgIpc) is 2.39. The largest absolute Gasteiger partial charge is 0.505 e. The molecule has 1 aliphatic carbocycles. The Labute approximate surface area is 97.2 Å². The van der Waals surface area contributed by atoms with E-state index in [-0.39, 0.29) is 5.75 Å². The standard InChI is InChI=1S/C11H12BrClO/c12-10-8-5-3-1-2-4-7(8)6-9(13)11(10)14/h6,14H,1-5H2. The first-order chi connectivity index (χ1) is 6.70. The Bertz CT molecular complexity index is 363. The highest BCUT2D eigenvalue weighted by Crippen LogP contribution is 2.39. The number of phenolic OH excluding ortho intramolecular Hbond substituents is 1. The van der Waals surface area contributed by atoms with Gasteiger partial charge >= 0.3 is 0 Å². The van der Waals surface area contributed by atoms with Crippen molar-refractivity contribution in [2.45, 2.75) is 32.1 Å². The van der Waals surface area contributed by atoms with Crippen LogP contribution in [-0.2, 0) is 12.8 Å². The molecule has 1 aliphatic rings. The molecule has 0 aliphatic heterocycles. The SMILES string of the molecule is Oc1c(Cl)cc2c(c1Br)CCCCC2. The van der Waals surface area contributed by atoms with Crippen LogP contribution in [0.2, 0.25) is 5.02 Å². The van der Waals surface area contributed by atoms with Crippen LogP contribution in [-0.4, -0.2) is 5.11 Å². The van der Waals surface area contributed by atoms with E-state index >= 15 is 0 Å². The molecule has 1 nitrogen and oxygen atoms in total. The van der Waals surface area contributed by atoms with Crippen molar-refractivity contribution in [1.29, 1.82) is 0 Å². The fourth-order valence-electron chi connectivity index (χ4n) is 1.98. The highest BCUT2D eigenvalue weighted by atomic mass is 79.9. The summed E-state index contributed by atoms with van der Waals surface area (Å²) in [6.07, 6.45) is 5.81. The maximum atomic E-state index is 9.68. The highest BCUT2D eigenvalue weighted by molar-refractivity contribution is 9.10. The van der Waals surface area contributed by atoms with Crippen LogP contribution in [0, 0.1) is 0 Å². The summed E-state index contributed by atoms with van der Waals surface area (Å²) in [6, 6.07) is 1.91. The Morgan fingerprint density at radius 1 is 1.21 bits per heavy atom. The topological polar surface area (TPSA) is 20.2 Å². The van der Waals surface area contributed by atoms with Crippen LogP contribution in [0.1, 0.15) is 30.4 Å². The Balaban J connectivity index is 2.55. The maximum absolute atomic E-state index is 9.68. The normalized spacial score (nSPS) is 16.1. The Hall–Kier alpha value is -0.210. The second-order valence-corrected chi connectivity index (χ2v) is 4.92. The molecule has 0 aromatic heterocycles. The van der Waals surface area contributed by atoms with E-state index in [9.17, 15) is 5.11 Å². The molecule has 2 rings (SSSR count). The van der Waals surface area contributed by atoms with Crippen molar-refractivity contribution in [3.63, 3.8) is 0 Å². The molecule has 3 heteroatoms. The monoisotopic (exact) mass is 274 g/mol. The van der Waals surface area contributed by atoms with Gasteiger partial charge in [0.25, 0.3) is 0 Å². The van der Waals surface area contributed by atoms with Crippen molar-refractivity contribution >= 4 is 27.5 Å². The van der Waals surface area contributed by atoms with Crippen LogP contribution in [0.3, 0.4) is 0 Å². The van der Waals surface area contributed by atoms with Gasteiger partial charge in [-0.2, -0.15) is 0 Å². The van der Waals surface area contributed by atoms with Crippen LogP contribution in [0.5, 0.6) is 5.75 Å². The molecule has 1 aromatic rings. The molecular formula is C11H12BrClO. The third kappa shape index (κ3) is 1.78. The lowest BCUT2D eigenvalue weighted by molar-refractivity contribution is 0.471. The van der Waals surface area contributed by atoms with Gasteiger partial charge in [0.15, 0.2) is 0 Å². The van der Waals surface area contributed by atoms with E-state index in [4.69, 9.17) is 11.6 Å². The second kappa shape index (κ2) is 4.11. The van der Waals surface area contributed by atoms with E-state index in [0.29, 0.717) is 5.02 Å². The molecule has 0 unspecified atom stereocenters. The first-order valence-electron chi connectivity index (χ1n) is 4.89. The third-order valence-electron chi connectivity index (χ3n) is 2.76. The Kier molecular flexibility index (Phi) is 3.03. The molecule has 14 heavy (non-hydrogen) atoms. The summed E-state index contributed by atoms with van der Waals surface area (Å²) in [4.78, 5) is 0. The van der Waals surface area contributed by atoms with E-state index < -0.39 is 0 Å². The number of aryl methyl sites for hydroxylation is 1. The highest BCUT2D eigenvalue weighted by Gasteiger charge is 2.16. The summed E-state index contributed by atoms with van der Waals surface area (Å²) in [5, 5.41) is 10.1. The molecule has 0 spiro atoms. The Morgan fingerprint density at radius 2 is 1.93 bits per heavy atom. The summed E-state index contributed by atoms with van der Waals surface area (Å²) >= 11 is 9.34. The van der Waals surface area contributed by atoms with Crippen molar-refractivity contribution in [2.75, 3.05) is 0 Å². The van der Waals surface area contributed by atoms with Gasteiger partial charge in [0.2, 0.25) is 0 Å². The van der Waals surface area contributed by atoms with Crippen LogP contribution >= 0.6 is 27.5 Å². The summed E-state index contributed by atoms with van der Waals surface area (Å²) in [6.45, 7) is 0. The summed E-state index contributed by atoms with van der Waals surface area (Å²) < 4.78 is 0.793. The zero-order chi connectivity index (χ0) is 10.1. The van der Waals surface area contributed by atoms with E-state index in [0.717, 1.165) is 17.3 Å². The van der Waals surface area contributed by atoms with Gasteiger partial charge in [-0.05, 0) is 58.8 Å². The zero-order valence-electron chi connectivity index (χ0n) is 7.82. The predicted octanol–water partition coefficient (Wildman–Crippen LogP) is 4.08. The molecular weight excluding hydrogens is 263 g/mol. The minimum absolute atomic E-state index is 0.187. The number of phenols is 1.